The maximum absolute atomic E-state index is 14.6. The fourth-order valence-electron chi connectivity index (χ4n) is 8.21. The molecule has 2 aliphatic carbocycles. The number of Topliss-reactive ketones (excluding diaryl/α,β-unsaturated/α-hetero) is 3. The van der Waals surface area contributed by atoms with Crippen LogP contribution in [-0.2, 0) is 35.1 Å². The number of esters is 1. The quantitative estimate of drug-likeness (QED) is 0.273. The third-order valence-corrected chi connectivity index (χ3v) is 11.9. The maximum Gasteiger partial charge on any atom is 0.312 e. The zero-order valence-corrected chi connectivity index (χ0v) is 34.0. The van der Waals surface area contributed by atoms with Crippen LogP contribution < -0.4 is 15.4 Å². The van der Waals surface area contributed by atoms with Gasteiger partial charge in [0.2, 0.25) is 11.6 Å². The van der Waals surface area contributed by atoms with Crippen LogP contribution in [0.2, 0.25) is 0 Å². The highest BCUT2D eigenvalue weighted by Crippen LogP contribution is 2.49. The van der Waals surface area contributed by atoms with E-state index in [9.17, 15) is 44.1 Å². The van der Waals surface area contributed by atoms with E-state index >= 15 is 0 Å². The van der Waals surface area contributed by atoms with Crippen molar-refractivity contribution in [1.82, 2.24) is 15.6 Å². The average Bonchev–Trinajstić information content (AvgIpc) is 3.97. The van der Waals surface area contributed by atoms with Crippen LogP contribution in [0.5, 0.6) is 11.5 Å². The lowest BCUT2D eigenvalue weighted by Crippen LogP contribution is -2.46. The maximum atomic E-state index is 14.6. The molecule has 3 aliphatic heterocycles. The van der Waals surface area contributed by atoms with Gasteiger partial charge < -0.3 is 44.9 Å². The molecule has 1 fully saturated rings. The summed E-state index contributed by atoms with van der Waals surface area (Å²) in [6.45, 7) is 10.2. The number of phenols is 1. The topological polar surface area (TPSA) is 237 Å². The molecule has 5 bridgehead atoms. The number of phenolic OH excluding ortho intramolecular Hbond substituents is 1. The highest BCUT2D eigenvalue weighted by atomic mass is 16.7. The molecule has 10 atom stereocenters. The standard InChI is InChI=1S/C43H49N3O13/c1-18-14-27(48)25-15-26(25)35(50)20(3)34(49)21(4)39(58-23(6)47)19(2)28(56-8)11-13-57-43(7)41(54)31-29-30(36(51)22(5)40(31)59-43)38(53)33(46-42(18)55)32(37(29)52)45-17-24-10-9-12-44-16-24/h9-14,16,19-21,25-26,28,34-35,39,45,49-51H,15,17H2,1-8H3,(H,46,55)/b13-11+,18-14-/t19-,20+,21-,25-,26+,28+,34-,35-,39-,43+/m1/s1. The number of carbonyl (C=O) groups is 6. The summed E-state index contributed by atoms with van der Waals surface area (Å²) < 4.78 is 23.4. The summed E-state index contributed by atoms with van der Waals surface area (Å²) in [5.74, 6) is -11.2. The van der Waals surface area contributed by atoms with E-state index in [4.69, 9.17) is 18.9 Å². The Labute approximate surface area is 340 Å². The molecule has 16 nitrogen and oxygen atoms in total. The van der Waals surface area contributed by atoms with E-state index in [1.54, 1.807) is 39.1 Å². The molecular formula is C43H49N3O13. The van der Waals surface area contributed by atoms with E-state index in [0.717, 1.165) is 12.3 Å². The number of fused-ring (bicyclic) bond motifs is 12. The summed E-state index contributed by atoms with van der Waals surface area (Å²) in [6, 6.07) is 3.37. The minimum Gasteiger partial charge on any atom is -0.507 e. The Hall–Kier alpha value is -5.71. The Morgan fingerprint density at radius 1 is 1.02 bits per heavy atom. The van der Waals surface area contributed by atoms with Crippen LogP contribution in [0.3, 0.4) is 0 Å². The lowest BCUT2D eigenvalue weighted by molar-refractivity contribution is -0.160. The number of methoxy groups -OCH3 is 1. The molecule has 5 aliphatic rings. The van der Waals surface area contributed by atoms with Gasteiger partial charge in [0.25, 0.3) is 11.7 Å². The molecule has 59 heavy (non-hydrogen) atoms. The molecule has 0 spiro atoms. The third kappa shape index (κ3) is 7.91. The summed E-state index contributed by atoms with van der Waals surface area (Å²) in [4.78, 5) is 86.9. The number of aliphatic hydroxyl groups is 2. The molecule has 314 valence electrons. The van der Waals surface area contributed by atoms with Gasteiger partial charge in [0.05, 0.1) is 41.3 Å². The molecule has 1 saturated carbocycles. The van der Waals surface area contributed by atoms with Gasteiger partial charge in [0.1, 0.15) is 29.0 Å². The molecule has 0 radical (unpaired) electrons. The van der Waals surface area contributed by atoms with Gasteiger partial charge in [0.15, 0.2) is 5.78 Å². The van der Waals surface area contributed by atoms with Crippen molar-refractivity contribution in [2.75, 3.05) is 7.11 Å². The van der Waals surface area contributed by atoms with Crippen molar-refractivity contribution >= 4 is 35.0 Å². The Morgan fingerprint density at radius 3 is 2.37 bits per heavy atom. The van der Waals surface area contributed by atoms with Crippen molar-refractivity contribution in [3.63, 3.8) is 0 Å². The Bertz CT molecular complexity index is 2200. The highest BCUT2D eigenvalue weighted by Gasteiger charge is 2.53. The monoisotopic (exact) mass is 815 g/mol. The molecule has 1 aromatic heterocycles. The number of amides is 1. The van der Waals surface area contributed by atoms with Gasteiger partial charge in [-0.2, -0.15) is 0 Å². The second-order valence-electron chi connectivity index (χ2n) is 15.9. The molecule has 0 saturated heterocycles. The third-order valence-electron chi connectivity index (χ3n) is 11.9. The number of pyridine rings is 1. The predicted molar refractivity (Wildman–Crippen MR) is 208 cm³/mol. The van der Waals surface area contributed by atoms with Crippen LogP contribution in [0.1, 0.15) is 90.2 Å². The van der Waals surface area contributed by atoms with E-state index in [2.05, 4.69) is 15.6 Å². The first kappa shape index (κ1) is 42.9. The number of allylic oxidation sites excluding steroid dienone is 3. The summed E-state index contributed by atoms with van der Waals surface area (Å²) >= 11 is 0. The Kier molecular flexibility index (Phi) is 12.0. The number of nitrogens with one attached hydrogen (secondary N) is 2. The largest absolute Gasteiger partial charge is 0.507 e. The van der Waals surface area contributed by atoms with E-state index in [0.29, 0.717) is 5.56 Å². The normalized spacial score (nSPS) is 32.6. The summed E-state index contributed by atoms with van der Waals surface area (Å²) in [6.07, 6.45) is 2.87. The van der Waals surface area contributed by atoms with Crippen molar-refractivity contribution in [1.29, 1.82) is 0 Å². The van der Waals surface area contributed by atoms with Gasteiger partial charge in [-0.15, -0.1) is 0 Å². The van der Waals surface area contributed by atoms with Gasteiger partial charge in [-0.3, -0.25) is 33.8 Å². The number of hydrogen-bond acceptors (Lipinski definition) is 15. The minimum absolute atomic E-state index is 0.0466. The number of hydrogen-bond donors (Lipinski definition) is 5. The number of ether oxygens (including phenoxy) is 4. The number of aromatic hydroxyl groups is 1. The summed E-state index contributed by atoms with van der Waals surface area (Å²) in [5, 5.41) is 39.7. The minimum atomic E-state index is -2.12. The average molecular weight is 816 g/mol. The van der Waals surface area contributed by atoms with Gasteiger partial charge in [-0.1, -0.05) is 26.8 Å². The number of carbonyl (C=O) groups excluding carboxylic acids is 6. The predicted octanol–water partition coefficient (Wildman–Crippen LogP) is 3.16. The zero-order valence-electron chi connectivity index (χ0n) is 34.0. The summed E-state index contributed by atoms with van der Waals surface area (Å²) in [7, 11) is 1.40. The van der Waals surface area contributed by atoms with Gasteiger partial charge in [-0.25, -0.2) is 0 Å². The van der Waals surface area contributed by atoms with Crippen molar-refractivity contribution in [3.8, 4) is 11.5 Å². The van der Waals surface area contributed by atoms with Gasteiger partial charge in [0, 0.05) is 74.7 Å². The van der Waals surface area contributed by atoms with Crippen LogP contribution in [-0.4, -0.2) is 92.6 Å². The first-order chi connectivity index (χ1) is 27.8. The molecule has 7 rings (SSSR count). The number of rotatable bonds is 5. The Morgan fingerprint density at radius 2 is 1.73 bits per heavy atom. The summed E-state index contributed by atoms with van der Waals surface area (Å²) in [5.41, 5.74) is -1.83. The van der Waals surface area contributed by atoms with E-state index in [1.807, 2.05) is 0 Å². The molecule has 4 heterocycles. The Balaban J connectivity index is 1.47. The van der Waals surface area contributed by atoms with Crippen LogP contribution in [0, 0.1) is 36.5 Å². The van der Waals surface area contributed by atoms with Crippen molar-refractivity contribution in [2.24, 2.45) is 29.6 Å². The van der Waals surface area contributed by atoms with Crippen molar-refractivity contribution < 1.29 is 63.0 Å². The molecule has 16 heteroatoms. The second-order valence-corrected chi connectivity index (χ2v) is 15.9. The molecule has 1 amide bonds. The zero-order chi connectivity index (χ0) is 43.2. The fourth-order valence-corrected chi connectivity index (χ4v) is 8.21. The highest BCUT2D eigenvalue weighted by molar-refractivity contribution is 6.32. The number of ketones is 4. The number of nitrogens with zero attached hydrogens (tertiary/aromatic N) is 1. The molecular weight excluding hydrogens is 766 g/mol. The first-order valence-electron chi connectivity index (χ1n) is 19.4. The lowest BCUT2D eigenvalue weighted by Gasteiger charge is -2.37. The molecule has 0 unspecified atom stereocenters. The van der Waals surface area contributed by atoms with E-state index in [-0.39, 0.29) is 35.4 Å². The van der Waals surface area contributed by atoms with E-state index in [1.165, 1.54) is 47.1 Å². The van der Waals surface area contributed by atoms with Crippen LogP contribution >= 0.6 is 0 Å². The van der Waals surface area contributed by atoms with Crippen molar-refractivity contribution in [2.45, 2.75) is 91.6 Å². The number of aromatic nitrogens is 1. The fraction of sp³-hybridized carbons (Fsp3) is 0.465. The van der Waals surface area contributed by atoms with Gasteiger partial charge in [-0.05, 0) is 50.0 Å². The molecule has 1 aromatic carbocycles. The molecule has 5 N–H and O–H groups in total. The molecule has 2 aromatic rings. The number of benzene rings is 1. The SMILES string of the molecule is CO[C@H]1/C=C/O[C@@]2(C)Oc3c(C)c(O)c4c(c3C2=O)C(=O)C(NCc2cccnc2)=C(NC(=O)/C(C)=C\C(=O)[C@@H]2C[C@@H]2[C@H](O)[C@@H](C)[C@@H](O)[C@@H](C)[C@H](OC(C)=O)[C@@H]1C)C4=O. The van der Waals surface area contributed by atoms with Crippen LogP contribution in [0.4, 0.5) is 0 Å². The van der Waals surface area contributed by atoms with Crippen LogP contribution in [0.25, 0.3) is 0 Å². The van der Waals surface area contributed by atoms with Crippen molar-refractivity contribution in [3.05, 3.63) is 87.7 Å². The smallest absolute Gasteiger partial charge is 0.312 e. The van der Waals surface area contributed by atoms with Gasteiger partial charge >= 0.3 is 11.8 Å². The van der Waals surface area contributed by atoms with E-state index < -0.39 is 123 Å². The second kappa shape index (κ2) is 16.5. The lowest BCUT2D eigenvalue weighted by atomic mass is 9.79. The van der Waals surface area contributed by atoms with Crippen LogP contribution in [0.15, 0.2) is 59.9 Å². The first-order valence-corrected chi connectivity index (χ1v) is 19.4. The number of aliphatic hydroxyl groups excluding tert-OH is 2.